The summed E-state index contributed by atoms with van der Waals surface area (Å²) in [6.45, 7) is 4.62. The molecule has 0 aliphatic carbocycles. The molecule has 0 saturated heterocycles. The van der Waals surface area contributed by atoms with Gasteiger partial charge in [-0.15, -0.1) is 0 Å². The zero-order chi connectivity index (χ0) is 12.6. The molecule has 0 fully saturated rings. The Bertz CT molecular complexity index is 230. The zero-order valence-electron chi connectivity index (χ0n) is 10.5. The van der Waals surface area contributed by atoms with Crippen molar-refractivity contribution in [1.82, 2.24) is 4.90 Å². The Kier molecular flexibility index (Phi) is 7.54. The summed E-state index contributed by atoms with van der Waals surface area (Å²) in [5.41, 5.74) is 0. The third kappa shape index (κ3) is 5.70. The highest BCUT2D eigenvalue weighted by Gasteiger charge is 2.18. The van der Waals surface area contributed by atoms with Crippen molar-refractivity contribution < 1.29 is 19.1 Å². The number of esters is 2. The van der Waals surface area contributed by atoms with Crippen LogP contribution in [0.25, 0.3) is 0 Å². The first kappa shape index (κ1) is 14.9. The van der Waals surface area contributed by atoms with Gasteiger partial charge in [0.25, 0.3) is 0 Å². The molecule has 0 radical (unpaired) electrons. The lowest BCUT2D eigenvalue weighted by atomic mass is 10.2. The van der Waals surface area contributed by atoms with E-state index in [-0.39, 0.29) is 18.0 Å². The predicted octanol–water partition coefficient (Wildman–Crippen LogP) is 0.823. The van der Waals surface area contributed by atoms with Crippen molar-refractivity contribution >= 4 is 11.9 Å². The van der Waals surface area contributed by atoms with Crippen LogP contribution in [0.15, 0.2) is 0 Å². The highest BCUT2D eigenvalue weighted by Crippen LogP contribution is 2.02. The molecule has 1 atom stereocenters. The van der Waals surface area contributed by atoms with Crippen LogP contribution < -0.4 is 0 Å². The number of hydrogen-bond acceptors (Lipinski definition) is 5. The van der Waals surface area contributed by atoms with Crippen LogP contribution in [0.2, 0.25) is 0 Å². The number of nitrogens with zero attached hydrogens (tertiary/aromatic N) is 1. The van der Waals surface area contributed by atoms with Crippen molar-refractivity contribution in [2.45, 2.75) is 32.7 Å². The van der Waals surface area contributed by atoms with E-state index in [4.69, 9.17) is 4.74 Å². The fraction of sp³-hybridized carbons (Fsp3) is 0.818. The second kappa shape index (κ2) is 8.10. The SMILES string of the molecule is CCOC(=O)C(C)N(C)CCCC(=O)OC. The van der Waals surface area contributed by atoms with Gasteiger partial charge in [0, 0.05) is 6.42 Å². The number of methoxy groups -OCH3 is 1. The van der Waals surface area contributed by atoms with Crippen molar-refractivity contribution in [2.75, 3.05) is 27.3 Å². The first-order valence-corrected chi connectivity index (χ1v) is 5.46. The molecule has 0 aliphatic rings. The Morgan fingerprint density at radius 1 is 1.38 bits per heavy atom. The zero-order valence-corrected chi connectivity index (χ0v) is 10.5. The number of rotatable bonds is 7. The standard InChI is InChI=1S/C11H21NO4/c1-5-16-11(14)9(2)12(3)8-6-7-10(13)15-4/h9H,5-8H2,1-4H3. The van der Waals surface area contributed by atoms with E-state index < -0.39 is 0 Å². The van der Waals surface area contributed by atoms with Gasteiger partial charge in [-0.25, -0.2) is 0 Å². The van der Waals surface area contributed by atoms with Gasteiger partial charge in [0.1, 0.15) is 6.04 Å². The molecule has 16 heavy (non-hydrogen) atoms. The van der Waals surface area contributed by atoms with Crippen molar-refractivity contribution in [3.05, 3.63) is 0 Å². The van der Waals surface area contributed by atoms with Crippen molar-refractivity contribution in [1.29, 1.82) is 0 Å². The van der Waals surface area contributed by atoms with E-state index in [0.29, 0.717) is 26.0 Å². The maximum absolute atomic E-state index is 11.4. The molecule has 0 aromatic heterocycles. The molecule has 0 amide bonds. The van der Waals surface area contributed by atoms with Gasteiger partial charge in [0.15, 0.2) is 0 Å². The summed E-state index contributed by atoms with van der Waals surface area (Å²) in [5.74, 6) is -0.458. The van der Waals surface area contributed by atoms with E-state index in [1.807, 2.05) is 11.9 Å². The Morgan fingerprint density at radius 3 is 2.50 bits per heavy atom. The van der Waals surface area contributed by atoms with Crippen LogP contribution in [-0.2, 0) is 19.1 Å². The Hall–Kier alpha value is -1.10. The number of carbonyl (C=O) groups is 2. The minimum absolute atomic E-state index is 0.225. The van der Waals surface area contributed by atoms with Gasteiger partial charge in [-0.05, 0) is 33.9 Å². The molecule has 0 heterocycles. The summed E-state index contributed by atoms with van der Waals surface area (Å²) in [5, 5.41) is 0. The van der Waals surface area contributed by atoms with E-state index in [2.05, 4.69) is 4.74 Å². The highest BCUT2D eigenvalue weighted by molar-refractivity contribution is 5.75. The lowest BCUT2D eigenvalue weighted by Gasteiger charge is -2.22. The second-order valence-electron chi connectivity index (χ2n) is 3.59. The van der Waals surface area contributed by atoms with Crippen LogP contribution in [0.4, 0.5) is 0 Å². The molecule has 0 bridgehead atoms. The number of hydrogen-bond donors (Lipinski definition) is 0. The highest BCUT2D eigenvalue weighted by atomic mass is 16.5. The maximum atomic E-state index is 11.4. The van der Waals surface area contributed by atoms with Gasteiger partial charge >= 0.3 is 11.9 Å². The molecule has 0 rings (SSSR count). The van der Waals surface area contributed by atoms with Crippen LogP contribution in [0.5, 0.6) is 0 Å². The Morgan fingerprint density at radius 2 is 2.00 bits per heavy atom. The Balaban J connectivity index is 3.82. The van der Waals surface area contributed by atoms with Gasteiger partial charge < -0.3 is 9.47 Å². The maximum Gasteiger partial charge on any atom is 0.323 e. The van der Waals surface area contributed by atoms with Crippen LogP contribution in [0.1, 0.15) is 26.7 Å². The van der Waals surface area contributed by atoms with Crippen LogP contribution in [0.3, 0.4) is 0 Å². The van der Waals surface area contributed by atoms with E-state index in [9.17, 15) is 9.59 Å². The lowest BCUT2D eigenvalue weighted by molar-refractivity contribution is -0.148. The molecule has 0 aliphatic heterocycles. The molecule has 0 saturated carbocycles. The third-order valence-corrected chi connectivity index (χ3v) is 2.41. The number of ether oxygens (including phenoxy) is 2. The summed E-state index contributed by atoms with van der Waals surface area (Å²) in [6, 6.07) is -0.280. The molecule has 5 heteroatoms. The largest absolute Gasteiger partial charge is 0.469 e. The molecule has 5 nitrogen and oxygen atoms in total. The molecule has 94 valence electrons. The third-order valence-electron chi connectivity index (χ3n) is 2.41. The van der Waals surface area contributed by atoms with E-state index in [1.54, 1.807) is 13.8 Å². The van der Waals surface area contributed by atoms with Gasteiger partial charge in [-0.3, -0.25) is 14.5 Å². The molecule has 0 N–H and O–H groups in total. The Labute approximate surface area is 96.7 Å². The van der Waals surface area contributed by atoms with Crippen LogP contribution >= 0.6 is 0 Å². The minimum atomic E-state index is -0.280. The lowest BCUT2D eigenvalue weighted by Crippen LogP contribution is -2.37. The minimum Gasteiger partial charge on any atom is -0.469 e. The average molecular weight is 231 g/mol. The topological polar surface area (TPSA) is 55.8 Å². The van der Waals surface area contributed by atoms with Crippen LogP contribution in [-0.4, -0.2) is 50.2 Å². The van der Waals surface area contributed by atoms with Gasteiger partial charge in [-0.2, -0.15) is 0 Å². The fourth-order valence-corrected chi connectivity index (χ4v) is 1.21. The van der Waals surface area contributed by atoms with E-state index in [1.165, 1.54) is 7.11 Å². The summed E-state index contributed by atoms with van der Waals surface area (Å²) < 4.78 is 9.43. The monoisotopic (exact) mass is 231 g/mol. The molecular weight excluding hydrogens is 210 g/mol. The summed E-state index contributed by atoms with van der Waals surface area (Å²) in [7, 11) is 3.20. The quantitative estimate of drug-likeness (QED) is 0.607. The predicted molar refractivity (Wildman–Crippen MR) is 60.0 cm³/mol. The van der Waals surface area contributed by atoms with Crippen molar-refractivity contribution in [3.63, 3.8) is 0 Å². The van der Waals surface area contributed by atoms with Crippen molar-refractivity contribution in [3.8, 4) is 0 Å². The summed E-state index contributed by atoms with van der Waals surface area (Å²) >= 11 is 0. The first-order chi connectivity index (χ1) is 7.52. The normalized spacial score (nSPS) is 12.3. The smallest absolute Gasteiger partial charge is 0.323 e. The van der Waals surface area contributed by atoms with Crippen LogP contribution in [0, 0.1) is 0 Å². The molecule has 0 aromatic rings. The molecular formula is C11H21NO4. The number of carbonyl (C=O) groups excluding carboxylic acids is 2. The van der Waals surface area contributed by atoms with Gasteiger partial charge in [0.2, 0.25) is 0 Å². The van der Waals surface area contributed by atoms with Crippen molar-refractivity contribution in [2.24, 2.45) is 0 Å². The van der Waals surface area contributed by atoms with Gasteiger partial charge in [0.05, 0.1) is 13.7 Å². The summed E-state index contributed by atoms with van der Waals surface area (Å²) in [6.07, 6.45) is 1.04. The second-order valence-corrected chi connectivity index (χ2v) is 3.59. The average Bonchev–Trinajstić information content (AvgIpc) is 2.27. The molecule has 0 spiro atoms. The van der Waals surface area contributed by atoms with E-state index >= 15 is 0 Å². The fourth-order valence-electron chi connectivity index (χ4n) is 1.21. The first-order valence-electron chi connectivity index (χ1n) is 5.46. The number of likely N-dealkylation sites (N-methyl/N-ethyl adjacent to an activating group) is 1. The summed E-state index contributed by atoms with van der Waals surface area (Å²) in [4.78, 5) is 24.1. The van der Waals surface area contributed by atoms with E-state index in [0.717, 1.165) is 0 Å². The van der Waals surface area contributed by atoms with Gasteiger partial charge in [-0.1, -0.05) is 0 Å². The molecule has 1 unspecified atom stereocenters. The molecule has 0 aromatic carbocycles.